The molecular formula is C12H22O13. The Morgan fingerprint density at radius 1 is 1.04 bits per heavy atom. The Morgan fingerprint density at radius 3 is 2.08 bits per heavy atom. The molecule has 0 saturated carbocycles. The monoisotopic (exact) mass is 374 g/mol. The predicted molar refractivity (Wildman–Crippen MR) is 72.1 cm³/mol. The van der Waals surface area contributed by atoms with Gasteiger partial charge in [-0.1, -0.05) is 0 Å². The highest BCUT2D eigenvalue weighted by Crippen LogP contribution is 2.28. The fraction of sp³-hybridized carbons (Fsp3) is 0.917. The van der Waals surface area contributed by atoms with Gasteiger partial charge in [-0.05, 0) is 0 Å². The van der Waals surface area contributed by atoms with Gasteiger partial charge in [0, 0.05) is 0 Å². The normalized spacial score (nSPS) is 37.8. The van der Waals surface area contributed by atoms with Crippen molar-refractivity contribution in [3.63, 3.8) is 0 Å². The molecule has 0 amide bonds. The quantitative estimate of drug-likeness (QED) is 0.187. The fourth-order valence-electron chi connectivity index (χ4n) is 2.03. The van der Waals surface area contributed by atoms with Gasteiger partial charge in [0.2, 0.25) is 12.1 Å². The Morgan fingerprint density at radius 2 is 1.60 bits per heavy atom. The van der Waals surface area contributed by atoms with Gasteiger partial charge in [0.05, 0.1) is 13.2 Å². The van der Waals surface area contributed by atoms with Crippen LogP contribution in [0.2, 0.25) is 0 Å². The van der Waals surface area contributed by atoms with Crippen LogP contribution in [0.3, 0.4) is 0 Å². The average molecular weight is 374 g/mol. The molecule has 25 heavy (non-hydrogen) atoms. The predicted octanol–water partition coefficient (Wildman–Crippen LogP) is -6.91. The van der Waals surface area contributed by atoms with Crippen LogP contribution < -0.4 is 0 Å². The molecule has 1 saturated heterocycles. The smallest absolute Gasteiger partial charge is 0.340 e. The second kappa shape index (κ2) is 8.61. The summed E-state index contributed by atoms with van der Waals surface area (Å²) < 4.78 is 9.05. The molecule has 0 spiro atoms. The van der Waals surface area contributed by atoms with E-state index in [1.165, 1.54) is 0 Å². The summed E-state index contributed by atoms with van der Waals surface area (Å²) in [6.45, 7) is -2.24. The first-order valence-electron chi connectivity index (χ1n) is 7.09. The summed E-state index contributed by atoms with van der Waals surface area (Å²) >= 11 is 0. The van der Waals surface area contributed by atoms with Gasteiger partial charge in [-0.3, -0.25) is 0 Å². The van der Waals surface area contributed by atoms with Crippen molar-refractivity contribution in [1.82, 2.24) is 0 Å². The molecule has 0 aromatic heterocycles. The lowest BCUT2D eigenvalue weighted by Crippen LogP contribution is -2.66. The molecule has 0 aromatic rings. The standard InChI is InChI=1S/C12H22O13/c13-1-3(15)4(16)5(17)7(19)10(22)24-11-8(20)6(18)9(21)12(23,2-14)25-11/h3-9,11,13-21,23H,1-2H2/t3?,4?,5?,6-,7?,8+,9+,11?,12+/m1/s1. The maximum Gasteiger partial charge on any atom is 0.340 e. The number of esters is 1. The minimum absolute atomic E-state index is 0.988. The molecule has 148 valence electrons. The highest BCUT2D eigenvalue weighted by atomic mass is 16.8. The molecule has 5 unspecified atom stereocenters. The van der Waals surface area contributed by atoms with E-state index in [1.807, 2.05) is 0 Å². The summed E-state index contributed by atoms with van der Waals surface area (Å²) in [4.78, 5) is 11.7. The lowest BCUT2D eigenvalue weighted by molar-refractivity contribution is -0.391. The minimum atomic E-state index is -2.79. The molecule has 1 rings (SSSR count). The first kappa shape index (κ1) is 22.1. The molecule has 9 atom stereocenters. The third kappa shape index (κ3) is 4.60. The summed E-state index contributed by atoms with van der Waals surface area (Å²) in [6, 6.07) is 0. The van der Waals surface area contributed by atoms with Crippen LogP contribution in [0.1, 0.15) is 0 Å². The SMILES string of the molecule is O=C(OC1O[C@@](O)(CO)[C@@H](O)[C@H](O)[C@@H]1O)C(O)C(O)C(O)C(O)CO. The molecule has 10 N–H and O–H groups in total. The number of hydrogen-bond acceptors (Lipinski definition) is 13. The number of carbonyl (C=O) groups excluding carboxylic acids is 1. The Hall–Kier alpha value is -0.970. The Balaban J connectivity index is 2.81. The molecule has 1 aliphatic rings. The zero-order chi connectivity index (χ0) is 19.5. The van der Waals surface area contributed by atoms with Gasteiger partial charge in [-0.2, -0.15) is 0 Å². The van der Waals surface area contributed by atoms with E-state index in [-0.39, 0.29) is 0 Å². The van der Waals surface area contributed by atoms with E-state index in [9.17, 15) is 40.5 Å². The van der Waals surface area contributed by atoms with Crippen molar-refractivity contribution >= 4 is 5.97 Å². The van der Waals surface area contributed by atoms with Crippen LogP contribution in [0.25, 0.3) is 0 Å². The summed E-state index contributed by atoms with van der Waals surface area (Å²) in [6.07, 6.45) is -17.3. The largest absolute Gasteiger partial charge is 0.431 e. The van der Waals surface area contributed by atoms with Crippen molar-refractivity contribution in [2.75, 3.05) is 13.2 Å². The van der Waals surface area contributed by atoms with E-state index in [2.05, 4.69) is 9.47 Å². The second-order valence-electron chi connectivity index (χ2n) is 5.53. The number of aliphatic hydroxyl groups is 10. The van der Waals surface area contributed by atoms with Gasteiger partial charge >= 0.3 is 5.97 Å². The third-order valence-electron chi connectivity index (χ3n) is 3.69. The van der Waals surface area contributed by atoms with E-state index in [0.29, 0.717) is 0 Å². The summed E-state index contributed by atoms with van der Waals surface area (Å²) in [5.74, 6) is -4.50. The van der Waals surface area contributed by atoms with Gasteiger partial charge in [0.25, 0.3) is 0 Å². The summed E-state index contributed by atoms with van der Waals surface area (Å²) in [5.41, 5.74) is 0. The number of carbonyl (C=O) groups is 1. The molecule has 0 bridgehead atoms. The third-order valence-corrected chi connectivity index (χ3v) is 3.69. The number of aliphatic hydroxyl groups excluding tert-OH is 9. The zero-order valence-electron chi connectivity index (χ0n) is 12.7. The first-order valence-corrected chi connectivity index (χ1v) is 7.09. The van der Waals surface area contributed by atoms with Gasteiger partial charge in [0.1, 0.15) is 36.6 Å². The van der Waals surface area contributed by atoms with E-state index in [1.54, 1.807) is 0 Å². The van der Waals surface area contributed by atoms with Crippen molar-refractivity contribution in [3.05, 3.63) is 0 Å². The van der Waals surface area contributed by atoms with Gasteiger partial charge in [-0.25, -0.2) is 4.79 Å². The Labute approximate surface area is 140 Å². The van der Waals surface area contributed by atoms with Crippen LogP contribution in [0.15, 0.2) is 0 Å². The van der Waals surface area contributed by atoms with Crippen molar-refractivity contribution < 1.29 is 65.3 Å². The van der Waals surface area contributed by atoms with Crippen molar-refractivity contribution in [3.8, 4) is 0 Å². The number of hydrogen-bond donors (Lipinski definition) is 10. The van der Waals surface area contributed by atoms with Crippen LogP contribution in [-0.2, 0) is 14.3 Å². The van der Waals surface area contributed by atoms with Crippen LogP contribution in [0, 0.1) is 0 Å². The van der Waals surface area contributed by atoms with Crippen LogP contribution in [0.4, 0.5) is 0 Å². The summed E-state index contributed by atoms with van der Waals surface area (Å²) in [7, 11) is 0. The van der Waals surface area contributed by atoms with Gasteiger partial charge < -0.3 is 60.5 Å². The van der Waals surface area contributed by atoms with E-state index in [0.717, 1.165) is 0 Å². The second-order valence-corrected chi connectivity index (χ2v) is 5.53. The Bertz CT molecular complexity index is 447. The fourth-order valence-corrected chi connectivity index (χ4v) is 2.03. The molecule has 1 fully saturated rings. The molecule has 0 aromatic carbocycles. The van der Waals surface area contributed by atoms with E-state index >= 15 is 0 Å². The lowest BCUT2D eigenvalue weighted by Gasteiger charge is -2.44. The molecule has 1 aliphatic heterocycles. The maximum absolute atomic E-state index is 11.7. The molecule has 13 nitrogen and oxygen atoms in total. The number of ether oxygens (including phenoxy) is 2. The number of rotatable bonds is 7. The molecule has 0 aliphatic carbocycles. The highest BCUT2D eigenvalue weighted by molar-refractivity contribution is 5.75. The molecule has 0 radical (unpaired) electrons. The minimum Gasteiger partial charge on any atom is -0.431 e. The summed E-state index contributed by atoms with van der Waals surface area (Å²) in [5, 5.41) is 93.8. The van der Waals surface area contributed by atoms with Crippen LogP contribution in [-0.4, -0.2) is 125 Å². The average Bonchev–Trinajstić information content (AvgIpc) is 2.61. The van der Waals surface area contributed by atoms with E-state index < -0.39 is 74.0 Å². The highest BCUT2D eigenvalue weighted by Gasteiger charge is 2.54. The van der Waals surface area contributed by atoms with Crippen molar-refractivity contribution in [2.45, 2.75) is 54.8 Å². The maximum atomic E-state index is 11.7. The van der Waals surface area contributed by atoms with Crippen molar-refractivity contribution in [1.29, 1.82) is 0 Å². The van der Waals surface area contributed by atoms with Crippen molar-refractivity contribution in [2.24, 2.45) is 0 Å². The van der Waals surface area contributed by atoms with Crippen LogP contribution in [0.5, 0.6) is 0 Å². The van der Waals surface area contributed by atoms with Crippen LogP contribution >= 0.6 is 0 Å². The molecular weight excluding hydrogens is 352 g/mol. The lowest BCUT2D eigenvalue weighted by atomic mass is 9.96. The molecule has 1 heterocycles. The molecule has 13 heteroatoms. The van der Waals surface area contributed by atoms with Gasteiger partial charge in [-0.15, -0.1) is 0 Å². The topological polar surface area (TPSA) is 238 Å². The zero-order valence-corrected chi connectivity index (χ0v) is 12.7. The Kier molecular flexibility index (Phi) is 7.60. The van der Waals surface area contributed by atoms with Gasteiger partial charge in [0.15, 0.2) is 6.10 Å². The van der Waals surface area contributed by atoms with E-state index in [4.69, 9.17) is 15.3 Å². The first-order chi connectivity index (χ1) is 11.5.